The lowest BCUT2D eigenvalue weighted by Crippen LogP contribution is -2.53. The number of alkyl halides is 6. The smallest absolute Gasteiger partial charge is 0.430 e. The van der Waals surface area contributed by atoms with Crippen LogP contribution >= 0.6 is 0 Å². The summed E-state index contributed by atoms with van der Waals surface area (Å²) in [4.78, 5) is 27.3. The van der Waals surface area contributed by atoms with Crippen molar-refractivity contribution < 1.29 is 50.5 Å². The van der Waals surface area contributed by atoms with E-state index in [-0.39, 0.29) is 30.4 Å². The summed E-state index contributed by atoms with van der Waals surface area (Å²) < 4.78 is 91.4. The molecule has 13 heteroatoms. The van der Waals surface area contributed by atoms with Crippen molar-refractivity contribution in [3.05, 3.63) is 59.2 Å². The van der Waals surface area contributed by atoms with Crippen LogP contribution in [0.1, 0.15) is 70.6 Å². The molecule has 238 valence electrons. The first-order valence-electron chi connectivity index (χ1n) is 13.9. The standard InChI is InChI=1S/C30H36F6N2O5/c1-6-8-20-17-22(28(41,29(31,32)33)30(34,35)36)12-15-24(20)42-16-7-9-19(4)38-25(39)27(5,37-26(38)40)21-10-13-23(14-11-21)43-18(2)3/h10-15,17-19,41H,6-9,16H2,1-5H3,(H,37,40). The molecule has 2 N–H and O–H groups in total. The molecule has 0 saturated carbocycles. The van der Waals surface area contributed by atoms with Gasteiger partial charge in [0.25, 0.3) is 11.5 Å². The Hall–Kier alpha value is -3.48. The third kappa shape index (κ3) is 6.86. The van der Waals surface area contributed by atoms with Gasteiger partial charge in [-0.25, -0.2) is 4.79 Å². The fraction of sp³-hybridized carbons (Fsp3) is 0.533. The number of nitrogens with one attached hydrogen (secondary N) is 1. The van der Waals surface area contributed by atoms with Crippen molar-refractivity contribution in [3.8, 4) is 11.5 Å². The van der Waals surface area contributed by atoms with Crippen LogP contribution in [0.3, 0.4) is 0 Å². The fourth-order valence-electron chi connectivity index (χ4n) is 4.98. The van der Waals surface area contributed by atoms with E-state index in [0.717, 1.165) is 11.0 Å². The largest absolute Gasteiger partial charge is 0.493 e. The normalized spacial score (nSPS) is 18.7. The number of hydrogen-bond donors (Lipinski definition) is 2. The van der Waals surface area contributed by atoms with Gasteiger partial charge in [-0.05, 0) is 82.3 Å². The number of benzene rings is 2. The number of rotatable bonds is 12. The van der Waals surface area contributed by atoms with Gasteiger partial charge in [0.2, 0.25) is 0 Å². The van der Waals surface area contributed by atoms with Crippen molar-refractivity contribution in [2.24, 2.45) is 0 Å². The Morgan fingerprint density at radius 3 is 2.12 bits per heavy atom. The molecular weight excluding hydrogens is 582 g/mol. The van der Waals surface area contributed by atoms with Crippen molar-refractivity contribution in [1.82, 2.24) is 10.2 Å². The minimum absolute atomic E-state index is 0.0153. The van der Waals surface area contributed by atoms with Crippen LogP contribution in [0.4, 0.5) is 31.1 Å². The van der Waals surface area contributed by atoms with Crippen LogP contribution in [0, 0.1) is 0 Å². The van der Waals surface area contributed by atoms with Crippen LogP contribution in [0.15, 0.2) is 42.5 Å². The van der Waals surface area contributed by atoms with E-state index in [0.29, 0.717) is 42.7 Å². The van der Waals surface area contributed by atoms with Crippen molar-refractivity contribution >= 4 is 11.9 Å². The van der Waals surface area contributed by atoms with E-state index in [1.54, 1.807) is 45.0 Å². The summed E-state index contributed by atoms with van der Waals surface area (Å²) >= 11 is 0. The molecule has 2 atom stereocenters. The number of amides is 3. The number of carbonyl (C=O) groups is 2. The maximum atomic E-state index is 13.4. The number of halogens is 6. The molecule has 1 heterocycles. The molecule has 0 aromatic heterocycles. The van der Waals surface area contributed by atoms with Crippen LogP contribution in [0.25, 0.3) is 0 Å². The molecule has 0 bridgehead atoms. The molecule has 0 spiro atoms. The first-order valence-corrected chi connectivity index (χ1v) is 13.9. The summed E-state index contributed by atoms with van der Waals surface area (Å²) in [5.74, 6) is 0.265. The summed E-state index contributed by atoms with van der Waals surface area (Å²) in [6, 6.07) is 7.95. The van der Waals surface area contributed by atoms with Gasteiger partial charge < -0.3 is 19.9 Å². The summed E-state index contributed by atoms with van der Waals surface area (Å²) in [5, 5.41) is 12.5. The van der Waals surface area contributed by atoms with Gasteiger partial charge in [-0.2, -0.15) is 26.3 Å². The Bertz CT molecular complexity index is 1280. The van der Waals surface area contributed by atoms with Crippen molar-refractivity contribution in [2.45, 2.75) is 95.9 Å². The summed E-state index contributed by atoms with van der Waals surface area (Å²) in [6.07, 6.45) is -10.9. The third-order valence-electron chi connectivity index (χ3n) is 7.31. The van der Waals surface area contributed by atoms with Gasteiger partial charge in [-0.3, -0.25) is 9.69 Å². The van der Waals surface area contributed by atoms with Gasteiger partial charge in [-0.15, -0.1) is 0 Å². The van der Waals surface area contributed by atoms with Gasteiger partial charge in [0.05, 0.1) is 12.7 Å². The molecule has 2 unspecified atom stereocenters. The highest BCUT2D eigenvalue weighted by Crippen LogP contribution is 2.50. The minimum Gasteiger partial charge on any atom is -0.493 e. The first-order chi connectivity index (χ1) is 19.9. The number of aryl methyl sites for hydroxylation is 1. The summed E-state index contributed by atoms with van der Waals surface area (Å²) in [7, 11) is 0. The Morgan fingerprint density at radius 2 is 1.58 bits per heavy atom. The molecule has 7 nitrogen and oxygen atoms in total. The molecule has 1 aliphatic rings. The number of hydrogen-bond acceptors (Lipinski definition) is 5. The Balaban J connectivity index is 1.67. The molecule has 3 amide bonds. The molecule has 43 heavy (non-hydrogen) atoms. The highest BCUT2D eigenvalue weighted by Gasteiger charge is 2.71. The number of carbonyl (C=O) groups excluding carboxylic acids is 2. The van der Waals surface area contributed by atoms with Crippen molar-refractivity contribution in [2.75, 3.05) is 6.61 Å². The topological polar surface area (TPSA) is 88.1 Å². The Labute approximate surface area is 246 Å². The molecular formula is C30H36F6N2O5. The Morgan fingerprint density at radius 1 is 0.977 bits per heavy atom. The molecule has 1 aliphatic heterocycles. The maximum absolute atomic E-state index is 13.4. The predicted octanol–water partition coefficient (Wildman–Crippen LogP) is 6.75. The molecule has 2 aromatic carbocycles. The highest BCUT2D eigenvalue weighted by molar-refractivity contribution is 6.07. The van der Waals surface area contributed by atoms with Crippen LogP contribution in [-0.4, -0.2) is 53.1 Å². The quantitative estimate of drug-likeness (QED) is 0.156. The van der Waals surface area contributed by atoms with Crippen LogP contribution in [0.2, 0.25) is 0 Å². The second-order valence-corrected chi connectivity index (χ2v) is 11.0. The van der Waals surface area contributed by atoms with E-state index < -0.39 is 47.0 Å². The second-order valence-electron chi connectivity index (χ2n) is 11.0. The average Bonchev–Trinajstić information content (AvgIpc) is 3.13. The highest BCUT2D eigenvalue weighted by atomic mass is 19.4. The second kappa shape index (κ2) is 12.6. The van der Waals surface area contributed by atoms with E-state index in [9.17, 15) is 41.0 Å². The van der Waals surface area contributed by atoms with Crippen LogP contribution < -0.4 is 14.8 Å². The van der Waals surface area contributed by atoms with Gasteiger partial charge in [0.1, 0.15) is 17.0 Å². The van der Waals surface area contributed by atoms with Crippen LogP contribution in [0.5, 0.6) is 11.5 Å². The van der Waals surface area contributed by atoms with E-state index in [4.69, 9.17) is 9.47 Å². The molecule has 1 fully saturated rings. The fourth-order valence-corrected chi connectivity index (χ4v) is 4.98. The van der Waals surface area contributed by atoms with Crippen molar-refractivity contribution in [3.63, 3.8) is 0 Å². The lowest BCUT2D eigenvalue weighted by Gasteiger charge is -2.33. The number of nitrogens with zero attached hydrogens (tertiary/aromatic N) is 1. The van der Waals surface area contributed by atoms with E-state index in [1.807, 2.05) is 13.8 Å². The number of ether oxygens (including phenoxy) is 2. The molecule has 0 aliphatic carbocycles. The predicted molar refractivity (Wildman–Crippen MR) is 146 cm³/mol. The molecule has 1 saturated heterocycles. The number of imide groups is 1. The molecule has 0 radical (unpaired) electrons. The third-order valence-corrected chi connectivity index (χ3v) is 7.31. The lowest BCUT2D eigenvalue weighted by molar-refractivity contribution is -0.376. The van der Waals surface area contributed by atoms with E-state index in [2.05, 4.69) is 5.32 Å². The lowest BCUT2D eigenvalue weighted by atomic mass is 9.90. The zero-order valence-electron chi connectivity index (χ0n) is 24.5. The van der Waals surface area contributed by atoms with Gasteiger partial charge in [-0.1, -0.05) is 31.5 Å². The maximum Gasteiger partial charge on any atom is 0.430 e. The zero-order chi connectivity index (χ0) is 32.4. The first kappa shape index (κ1) is 34.0. The van der Waals surface area contributed by atoms with Gasteiger partial charge in [0, 0.05) is 11.6 Å². The number of urea groups is 1. The van der Waals surface area contributed by atoms with Gasteiger partial charge >= 0.3 is 18.4 Å². The SMILES string of the molecule is CCCc1cc(C(O)(C(F)(F)F)C(F)(F)F)ccc1OCCCC(C)N1C(=O)NC(C)(c2ccc(OC(C)C)cc2)C1=O. The van der Waals surface area contributed by atoms with Crippen LogP contribution in [-0.2, 0) is 22.4 Å². The zero-order valence-corrected chi connectivity index (χ0v) is 24.5. The van der Waals surface area contributed by atoms with E-state index in [1.165, 1.54) is 0 Å². The minimum atomic E-state index is -5.99. The van der Waals surface area contributed by atoms with Gasteiger partial charge in [0.15, 0.2) is 0 Å². The van der Waals surface area contributed by atoms with Crippen molar-refractivity contribution in [1.29, 1.82) is 0 Å². The van der Waals surface area contributed by atoms with E-state index >= 15 is 0 Å². The molecule has 3 rings (SSSR count). The average molecular weight is 619 g/mol. The Kier molecular flexibility index (Phi) is 9.99. The molecule has 2 aromatic rings. The summed E-state index contributed by atoms with van der Waals surface area (Å²) in [5.41, 5.74) is -7.01. The monoisotopic (exact) mass is 618 g/mol. The number of aliphatic hydroxyl groups is 1. The summed E-state index contributed by atoms with van der Waals surface area (Å²) in [6.45, 7) is 8.78.